The van der Waals surface area contributed by atoms with E-state index in [9.17, 15) is 13.2 Å². The Morgan fingerprint density at radius 3 is 2.74 bits per heavy atom. The number of hydrogen-bond acceptors (Lipinski definition) is 3. The molecule has 1 aromatic heterocycles. The van der Waals surface area contributed by atoms with E-state index in [0.29, 0.717) is 16.9 Å². The van der Waals surface area contributed by atoms with Gasteiger partial charge in [0.15, 0.2) is 5.76 Å². The summed E-state index contributed by atoms with van der Waals surface area (Å²) in [6.45, 7) is 0.359. The number of oxazole rings is 1. The molecule has 2 aromatic rings. The minimum Gasteiger partial charge on any atom is -0.439 e. The fourth-order valence-electron chi connectivity index (χ4n) is 1.63. The maximum absolute atomic E-state index is 13.0. The summed E-state index contributed by atoms with van der Waals surface area (Å²) in [5, 5.41) is 2.82. The minimum absolute atomic E-state index is 0.0226. The molecule has 1 aromatic carbocycles. The maximum Gasteiger partial charge on any atom is 0.417 e. The van der Waals surface area contributed by atoms with Gasteiger partial charge in [0, 0.05) is 10.0 Å². The van der Waals surface area contributed by atoms with Crippen LogP contribution in [0.15, 0.2) is 33.3 Å². The van der Waals surface area contributed by atoms with Gasteiger partial charge in [0.05, 0.1) is 18.3 Å². The van der Waals surface area contributed by atoms with Crippen molar-refractivity contribution in [1.82, 2.24) is 10.3 Å². The second kappa shape index (κ2) is 5.34. The highest BCUT2D eigenvalue weighted by Crippen LogP contribution is 2.38. The zero-order valence-electron chi connectivity index (χ0n) is 9.88. The summed E-state index contributed by atoms with van der Waals surface area (Å²) in [5.41, 5.74) is -0.778. The van der Waals surface area contributed by atoms with Crippen LogP contribution >= 0.6 is 15.9 Å². The molecule has 0 aliphatic heterocycles. The molecule has 19 heavy (non-hydrogen) atoms. The van der Waals surface area contributed by atoms with E-state index in [4.69, 9.17) is 4.42 Å². The SMILES string of the molecule is CNCc1ncc(-c2ccc(Br)cc2C(F)(F)F)o1. The van der Waals surface area contributed by atoms with E-state index in [1.165, 1.54) is 18.3 Å². The lowest BCUT2D eigenvalue weighted by atomic mass is 10.1. The predicted molar refractivity (Wildman–Crippen MR) is 67.4 cm³/mol. The Balaban J connectivity index is 2.48. The molecule has 0 aliphatic carbocycles. The minimum atomic E-state index is -4.45. The molecular weight excluding hydrogens is 325 g/mol. The lowest BCUT2D eigenvalue weighted by Gasteiger charge is -2.11. The summed E-state index contributed by atoms with van der Waals surface area (Å²) in [4.78, 5) is 3.92. The van der Waals surface area contributed by atoms with Crippen molar-refractivity contribution in [2.45, 2.75) is 12.7 Å². The zero-order valence-corrected chi connectivity index (χ0v) is 11.5. The highest BCUT2D eigenvalue weighted by Gasteiger charge is 2.34. The van der Waals surface area contributed by atoms with Gasteiger partial charge in [0.1, 0.15) is 0 Å². The molecule has 7 heteroatoms. The molecule has 0 saturated carbocycles. The van der Waals surface area contributed by atoms with Gasteiger partial charge in [-0.05, 0) is 25.2 Å². The van der Waals surface area contributed by atoms with Crippen molar-refractivity contribution in [2.24, 2.45) is 0 Å². The molecule has 3 nitrogen and oxygen atoms in total. The second-order valence-electron chi connectivity index (χ2n) is 3.84. The first-order valence-electron chi connectivity index (χ1n) is 5.38. The number of benzene rings is 1. The van der Waals surface area contributed by atoms with Crippen molar-refractivity contribution in [3.05, 3.63) is 40.3 Å². The molecule has 102 valence electrons. The van der Waals surface area contributed by atoms with Crippen molar-refractivity contribution >= 4 is 15.9 Å². The number of aromatic nitrogens is 1. The number of nitrogens with zero attached hydrogens (tertiary/aromatic N) is 1. The molecule has 1 heterocycles. The lowest BCUT2D eigenvalue weighted by molar-refractivity contribution is -0.137. The van der Waals surface area contributed by atoms with Gasteiger partial charge in [-0.1, -0.05) is 15.9 Å². The molecule has 0 fully saturated rings. The van der Waals surface area contributed by atoms with E-state index in [0.717, 1.165) is 6.07 Å². The number of alkyl halides is 3. The predicted octanol–water partition coefficient (Wildman–Crippen LogP) is 3.84. The van der Waals surface area contributed by atoms with Crippen LogP contribution in [0.5, 0.6) is 0 Å². The third-order valence-electron chi connectivity index (χ3n) is 2.43. The van der Waals surface area contributed by atoms with Gasteiger partial charge in [-0.15, -0.1) is 0 Å². The molecular formula is C12H10BrF3N2O. The van der Waals surface area contributed by atoms with E-state index < -0.39 is 11.7 Å². The molecule has 0 aliphatic rings. The molecule has 0 amide bonds. The Morgan fingerprint density at radius 2 is 2.11 bits per heavy atom. The van der Waals surface area contributed by atoms with E-state index in [1.54, 1.807) is 7.05 Å². The number of nitrogens with one attached hydrogen (secondary N) is 1. The van der Waals surface area contributed by atoms with Gasteiger partial charge in [-0.2, -0.15) is 13.2 Å². The van der Waals surface area contributed by atoms with E-state index in [2.05, 4.69) is 26.2 Å². The smallest absolute Gasteiger partial charge is 0.417 e. The highest BCUT2D eigenvalue weighted by atomic mass is 79.9. The Bertz CT molecular complexity index is 581. The first-order chi connectivity index (χ1) is 8.91. The quantitative estimate of drug-likeness (QED) is 0.926. The van der Waals surface area contributed by atoms with Crippen LogP contribution in [0.2, 0.25) is 0 Å². The summed E-state index contributed by atoms with van der Waals surface area (Å²) in [6, 6.07) is 3.91. The van der Waals surface area contributed by atoms with Crippen LogP contribution in [-0.4, -0.2) is 12.0 Å². The van der Waals surface area contributed by atoms with Gasteiger partial charge in [-0.3, -0.25) is 0 Å². The van der Waals surface area contributed by atoms with Crippen LogP contribution in [-0.2, 0) is 12.7 Å². The van der Waals surface area contributed by atoms with Crippen LogP contribution in [0.25, 0.3) is 11.3 Å². The highest BCUT2D eigenvalue weighted by molar-refractivity contribution is 9.10. The first-order valence-corrected chi connectivity index (χ1v) is 6.17. The third-order valence-corrected chi connectivity index (χ3v) is 2.93. The molecule has 0 atom stereocenters. The molecule has 0 spiro atoms. The van der Waals surface area contributed by atoms with Crippen LogP contribution in [0.3, 0.4) is 0 Å². The summed E-state index contributed by atoms with van der Waals surface area (Å²) in [5.74, 6) is 0.443. The van der Waals surface area contributed by atoms with Gasteiger partial charge in [-0.25, -0.2) is 4.98 Å². The fourth-order valence-corrected chi connectivity index (χ4v) is 1.99. The Labute approximate surface area is 116 Å². The number of halogens is 4. The van der Waals surface area contributed by atoms with Crippen molar-refractivity contribution in [3.63, 3.8) is 0 Å². The average molecular weight is 335 g/mol. The van der Waals surface area contributed by atoms with Crippen LogP contribution in [0.4, 0.5) is 13.2 Å². The van der Waals surface area contributed by atoms with Crippen molar-refractivity contribution in [3.8, 4) is 11.3 Å². The lowest BCUT2D eigenvalue weighted by Crippen LogP contribution is -2.07. The van der Waals surface area contributed by atoms with Gasteiger partial charge < -0.3 is 9.73 Å². The summed E-state index contributed by atoms with van der Waals surface area (Å²) >= 11 is 3.04. The third kappa shape index (κ3) is 3.16. The normalized spacial score (nSPS) is 11.8. The van der Waals surface area contributed by atoms with Crippen molar-refractivity contribution in [1.29, 1.82) is 0 Å². The maximum atomic E-state index is 13.0. The molecule has 0 radical (unpaired) electrons. The average Bonchev–Trinajstić information content (AvgIpc) is 2.77. The summed E-state index contributed by atoms with van der Waals surface area (Å²) < 4.78 is 44.6. The molecule has 0 saturated heterocycles. The number of rotatable bonds is 3. The molecule has 1 N–H and O–H groups in total. The zero-order chi connectivity index (χ0) is 14.0. The van der Waals surface area contributed by atoms with Crippen LogP contribution in [0.1, 0.15) is 11.5 Å². The van der Waals surface area contributed by atoms with Gasteiger partial charge in [0.25, 0.3) is 0 Å². The van der Waals surface area contributed by atoms with Crippen molar-refractivity contribution < 1.29 is 17.6 Å². The molecule has 0 unspecified atom stereocenters. The second-order valence-corrected chi connectivity index (χ2v) is 4.75. The van der Waals surface area contributed by atoms with Crippen molar-refractivity contribution in [2.75, 3.05) is 7.05 Å². The largest absolute Gasteiger partial charge is 0.439 e. The topological polar surface area (TPSA) is 38.1 Å². The standard InChI is InChI=1S/C12H10BrF3N2O/c1-17-6-11-18-5-10(19-11)8-3-2-7(13)4-9(8)12(14,15)16/h2-5,17H,6H2,1H3. The van der Waals surface area contributed by atoms with E-state index >= 15 is 0 Å². The number of hydrogen-bond donors (Lipinski definition) is 1. The monoisotopic (exact) mass is 334 g/mol. The van der Waals surface area contributed by atoms with E-state index in [-0.39, 0.29) is 11.3 Å². The Kier molecular flexibility index (Phi) is 3.96. The van der Waals surface area contributed by atoms with Gasteiger partial charge in [0.2, 0.25) is 5.89 Å². The summed E-state index contributed by atoms with van der Waals surface area (Å²) in [7, 11) is 1.70. The summed E-state index contributed by atoms with van der Waals surface area (Å²) in [6.07, 6.45) is -3.15. The first kappa shape index (κ1) is 14.1. The fraction of sp³-hybridized carbons (Fsp3) is 0.250. The molecule has 0 bridgehead atoms. The molecule has 2 rings (SSSR count). The Hall–Kier alpha value is -1.34. The van der Waals surface area contributed by atoms with E-state index in [1.807, 2.05) is 0 Å². The van der Waals surface area contributed by atoms with Crippen LogP contribution in [0, 0.1) is 0 Å². The van der Waals surface area contributed by atoms with Crippen LogP contribution < -0.4 is 5.32 Å². The van der Waals surface area contributed by atoms with Gasteiger partial charge >= 0.3 is 6.18 Å². The Morgan fingerprint density at radius 1 is 1.37 bits per heavy atom.